The lowest BCUT2D eigenvalue weighted by atomic mass is 10.1. The standard InChI is InChI=1S/C30H34FN3O4/c1-21-17-25(18-22(2)29(21)31)32-26(30(37)33-38)15-9-10-16-34(27(35)19-23-11-5-3-6-12-23)28(36)20-24-13-7-4-8-14-24/h3-8,11-14,17-18,26,32,38H,9-10,15-16,19-20H2,1-2H3,(H,33,37)/t26-/m1/s1. The molecule has 1 atom stereocenters. The van der Waals surface area contributed by atoms with Crippen molar-refractivity contribution in [3.05, 3.63) is 101 Å². The number of benzene rings is 3. The minimum Gasteiger partial charge on any atom is -0.374 e. The lowest BCUT2D eigenvalue weighted by Crippen LogP contribution is -2.40. The molecular weight excluding hydrogens is 485 g/mol. The normalized spacial score (nSPS) is 11.5. The minimum absolute atomic E-state index is 0.113. The van der Waals surface area contributed by atoms with Crippen LogP contribution in [0.15, 0.2) is 72.8 Å². The van der Waals surface area contributed by atoms with Gasteiger partial charge >= 0.3 is 0 Å². The Bertz CT molecular complexity index is 1160. The molecule has 0 heterocycles. The average molecular weight is 520 g/mol. The summed E-state index contributed by atoms with van der Waals surface area (Å²) in [5.41, 5.74) is 4.77. The highest BCUT2D eigenvalue weighted by Crippen LogP contribution is 2.20. The summed E-state index contributed by atoms with van der Waals surface area (Å²) in [6.45, 7) is 3.49. The van der Waals surface area contributed by atoms with E-state index in [1.807, 2.05) is 60.7 Å². The fraction of sp³-hybridized carbons (Fsp3) is 0.300. The van der Waals surface area contributed by atoms with E-state index in [4.69, 9.17) is 0 Å². The van der Waals surface area contributed by atoms with Crippen LogP contribution in [0.4, 0.5) is 10.1 Å². The highest BCUT2D eigenvalue weighted by molar-refractivity contribution is 5.97. The topological polar surface area (TPSA) is 98.7 Å². The second kappa shape index (κ2) is 14.0. The molecule has 3 aromatic rings. The molecule has 3 aromatic carbocycles. The van der Waals surface area contributed by atoms with Crippen molar-refractivity contribution in [3.8, 4) is 0 Å². The van der Waals surface area contributed by atoms with E-state index >= 15 is 0 Å². The van der Waals surface area contributed by atoms with E-state index in [1.54, 1.807) is 31.5 Å². The molecule has 0 saturated carbocycles. The Balaban J connectivity index is 1.65. The molecule has 3 amide bonds. The molecule has 0 unspecified atom stereocenters. The van der Waals surface area contributed by atoms with Gasteiger partial charge in [0.2, 0.25) is 11.8 Å². The Kier molecular flexibility index (Phi) is 10.5. The Morgan fingerprint density at radius 3 is 1.82 bits per heavy atom. The van der Waals surface area contributed by atoms with Crippen molar-refractivity contribution in [2.45, 2.75) is 52.0 Å². The van der Waals surface area contributed by atoms with Gasteiger partial charge in [-0.25, -0.2) is 9.87 Å². The van der Waals surface area contributed by atoms with Crippen LogP contribution in [0.25, 0.3) is 0 Å². The van der Waals surface area contributed by atoms with Crippen LogP contribution in [0.3, 0.4) is 0 Å². The van der Waals surface area contributed by atoms with Gasteiger partial charge < -0.3 is 5.32 Å². The van der Waals surface area contributed by atoms with Crippen LogP contribution < -0.4 is 10.8 Å². The zero-order chi connectivity index (χ0) is 27.5. The van der Waals surface area contributed by atoms with E-state index in [2.05, 4.69) is 5.32 Å². The number of rotatable bonds is 12. The van der Waals surface area contributed by atoms with Crippen LogP contribution in [0, 0.1) is 19.7 Å². The van der Waals surface area contributed by atoms with Gasteiger partial charge in [-0.2, -0.15) is 0 Å². The monoisotopic (exact) mass is 519 g/mol. The maximum atomic E-state index is 14.0. The number of nitrogens with zero attached hydrogens (tertiary/aromatic N) is 1. The number of nitrogens with one attached hydrogen (secondary N) is 2. The molecule has 0 aromatic heterocycles. The number of amides is 3. The number of aryl methyl sites for hydroxylation is 2. The van der Waals surface area contributed by atoms with Crippen LogP contribution >= 0.6 is 0 Å². The van der Waals surface area contributed by atoms with Crippen LogP contribution in [0.2, 0.25) is 0 Å². The minimum atomic E-state index is -0.780. The van der Waals surface area contributed by atoms with E-state index in [0.717, 1.165) is 11.1 Å². The van der Waals surface area contributed by atoms with Gasteiger partial charge in [-0.1, -0.05) is 60.7 Å². The lowest BCUT2D eigenvalue weighted by Gasteiger charge is -2.22. The summed E-state index contributed by atoms with van der Waals surface area (Å²) in [6, 6.07) is 21.0. The molecule has 7 nitrogen and oxygen atoms in total. The first-order chi connectivity index (χ1) is 18.3. The first-order valence-electron chi connectivity index (χ1n) is 12.7. The van der Waals surface area contributed by atoms with Crippen molar-refractivity contribution in [1.29, 1.82) is 0 Å². The van der Waals surface area contributed by atoms with Crippen molar-refractivity contribution in [3.63, 3.8) is 0 Å². The number of anilines is 1. The fourth-order valence-electron chi connectivity index (χ4n) is 4.32. The molecule has 0 radical (unpaired) electrons. The zero-order valence-electron chi connectivity index (χ0n) is 21.7. The quantitative estimate of drug-likeness (QED) is 0.182. The summed E-state index contributed by atoms with van der Waals surface area (Å²) < 4.78 is 14.0. The molecule has 0 aliphatic rings. The number of hydroxylamine groups is 1. The van der Waals surface area contributed by atoms with E-state index < -0.39 is 11.9 Å². The van der Waals surface area contributed by atoms with Gasteiger partial charge in [0, 0.05) is 12.2 Å². The van der Waals surface area contributed by atoms with Gasteiger partial charge in [0.15, 0.2) is 0 Å². The molecule has 0 fully saturated rings. The Hall–Kier alpha value is -4.04. The smallest absolute Gasteiger partial charge is 0.265 e. The predicted octanol–water partition coefficient (Wildman–Crippen LogP) is 4.74. The second-order valence-corrected chi connectivity index (χ2v) is 9.36. The molecule has 200 valence electrons. The maximum absolute atomic E-state index is 14.0. The van der Waals surface area contributed by atoms with Crippen LogP contribution in [-0.4, -0.2) is 40.4 Å². The molecule has 0 spiro atoms. The van der Waals surface area contributed by atoms with Crippen molar-refractivity contribution in [2.24, 2.45) is 0 Å². The van der Waals surface area contributed by atoms with E-state index in [-0.39, 0.29) is 37.0 Å². The van der Waals surface area contributed by atoms with E-state index in [9.17, 15) is 24.0 Å². The first-order valence-corrected chi connectivity index (χ1v) is 12.7. The van der Waals surface area contributed by atoms with Crippen LogP contribution in [0.5, 0.6) is 0 Å². The number of unbranched alkanes of at least 4 members (excludes halogenated alkanes) is 1. The third-order valence-electron chi connectivity index (χ3n) is 6.33. The Labute approximate surface area is 222 Å². The summed E-state index contributed by atoms with van der Waals surface area (Å²) in [5, 5.41) is 12.3. The molecule has 3 rings (SSSR count). The molecule has 0 aliphatic carbocycles. The summed E-state index contributed by atoms with van der Waals surface area (Å²) >= 11 is 0. The number of imide groups is 1. The van der Waals surface area contributed by atoms with Gasteiger partial charge in [-0.15, -0.1) is 0 Å². The summed E-state index contributed by atoms with van der Waals surface area (Å²) in [5.74, 6) is -1.49. The maximum Gasteiger partial charge on any atom is 0.265 e. The molecule has 0 saturated heterocycles. The third-order valence-corrected chi connectivity index (χ3v) is 6.33. The highest BCUT2D eigenvalue weighted by Gasteiger charge is 2.23. The second-order valence-electron chi connectivity index (χ2n) is 9.36. The Morgan fingerprint density at radius 1 is 0.842 bits per heavy atom. The molecule has 38 heavy (non-hydrogen) atoms. The van der Waals surface area contributed by atoms with E-state index in [0.29, 0.717) is 36.1 Å². The fourth-order valence-corrected chi connectivity index (χ4v) is 4.32. The van der Waals surface area contributed by atoms with Gasteiger partial charge in [0.05, 0.1) is 12.8 Å². The third kappa shape index (κ3) is 8.24. The van der Waals surface area contributed by atoms with Crippen molar-refractivity contribution in [1.82, 2.24) is 10.4 Å². The zero-order valence-corrected chi connectivity index (χ0v) is 21.7. The van der Waals surface area contributed by atoms with Gasteiger partial charge in [0.25, 0.3) is 5.91 Å². The van der Waals surface area contributed by atoms with E-state index in [1.165, 1.54) is 4.90 Å². The van der Waals surface area contributed by atoms with Crippen LogP contribution in [0.1, 0.15) is 41.5 Å². The number of hydrogen-bond donors (Lipinski definition) is 3. The predicted molar refractivity (Wildman–Crippen MR) is 144 cm³/mol. The average Bonchev–Trinajstić information content (AvgIpc) is 2.91. The van der Waals surface area contributed by atoms with Crippen molar-refractivity contribution >= 4 is 23.4 Å². The van der Waals surface area contributed by atoms with Gasteiger partial charge in [-0.3, -0.25) is 24.5 Å². The Morgan fingerprint density at radius 2 is 1.34 bits per heavy atom. The summed E-state index contributed by atoms with van der Waals surface area (Å²) in [7, 11) is 0. The number of halogens is 1. The van der Waals surface area contributed by atoms with Crippen molar-refractivity contribution < 1.29 is 24.0 Å². The molecule has 3 N–H and O–H groups in total. The summed E-state index contributed by atoms with van der Waals surface area (Å²) in [6.07, 6.45) is 1.52. The largest absolute Gasteiger partial charge is 0.374 e. The molecule has 0 aliphatic heterocycles. The summed E-state index contributed by atoms with van der Waals surface area (Å²) in [4.78, 5) is 39.8. The van der Waals surface area contributed by atoms with Crippen LogP contribution in [-0.2, 0) is 27.2 Å². The first kappa shape index (κ1) is 28.5. The lowest BCUT2D eigenvalue weighted by molar-refractivity contribution is -0.144. The number of carbonyl (C=O) groups is 3. The molecular formula is C30H34FN3O4. The molecule has 8 heteroatoms. The number of hydrogen-bond acceptors (Lipinski definition) is 5. The van der Waals surface area contributed by atoms with Gasteiger partial charge in [-0.05, 0) is 67.5 Å². The SMILES string of the molecule is Cc1cc(N[C@H](CCCCN(C(=O)Cc2ccccc2)C(=O)Cc2ccccc2)C(=O)NO)cc(C)c1F. The van der Waals surface area contributed by atoms with Crippen molar-refractivity contribution in [2.75, 3.05) is 11.9 Å². The highest BCUT2D eigenvalue weighted by atomic mass is 19.1. The van der Waals surface area contributed by atoms with Gasteiger partial charge in [0.1, 0.15) is 11.9 Å². The molecule has 0 bridgehead atoms. The number of carbonyl (C=O) groups excluding carboxylic acids is 3.